The predicted molar refractivity (Wildman–Crippen MR) is 61.6 cm³/mol. The summed E-state index contributed by atoms with van der Waals surface area (Å²) < 4.78 is 16.0. The van der Waals surface area contributed by atoms with Gasteiger partial charge in [0, 0.05) is 0 Å². The highest BCUT2D eigenvalue weighted by Crippen LogP contribution is 2.23. The van der Waals surface area contributed by atoms with E-state index in [0.29, 0.717) is 10.4 Å². The topological polar surface area (TPSA) is 98.6 Å². The van der Waals surface area contributed by atoms with Crippen molar-refractivity contribution in [2.45, 2.75) is 19.6 Å². The molecule has 7 nitrogen and oxygen atoms in total. The Morgan fingerprint density at radius 3 is 2.89 bits per heavy atom. The first-order chi connectivity index (χ1) is 8.56. The van der Waals surface area contributed by atoms with Crippen LogP contribution in [0.15, 0.2) is 25.6 Å². The number of hydrogen-bond donors (Lipinski definition) is 1. The van der Waals surface area contributed by atoms with Crippen molar-refractivity contribution in [2.75, 3.05) is 0 Å². The lowest BCUT2D eigenvalue weighted by atomic mass is 10.4. The van der Waals surface area contributed by atoms with Crippen molar-refractivity contribution in [3.8, 4) is 11.7 Å². The zero-order valence-corrected chi connectivity index (χ0v) is 10.9. The molecule has 2 rings (SSSR count). The largest absolute Gasteiger partial charge is 0.479 e. The molecule has 0 aliphatic heterocycles. The summed E-state index contributed by atoms with van der Waals surface area (Å²) in [5.41, 5.74) is 0. The Bertz CT molecular complexity index is 550. The Kier molecular flexibility index (Phi) is 3.78. The van der Waals surface area contributed by atoms with E-state index < -0.39 is 12.1 Å². The predicted octanol–water partition coefficient (Wildman–Crippen LogP) is 2.08. The molecule has 8 heteroatoms. The molecule has 0 aliphatic carbocycles. The Morgan fingerprint density at radius 2 is 2.28 bits per heavy atom. The van der Waals surface area contributed by atoms with Gasteiger partial charge in [-0.05, 0) is 35.0 Å². The molecule has 0 spiro atoms. The van der Waals surface area contributed by atoms with Gasteiger partial charge in [-0.3, -0.25) is 0 Å². The van der Waals surface area contributed by atoms with Crippen LogP contribution in [0.1, 0.15) is 12.8 Å². The smallest absolute Gasteiger partial charge is 0.332 e. The van der Waals surface area contributed by atoms with E-state index in [0.717, 1.165) is 0 Å². The molecular formula is C10H9BrN2O5. The molecule has 2 aromatic rings. The van der Waals surface area contributed by atoms with E-state index in [9.17, 15) is 4.79 Å². The number of aliphatic carboxylic acids is 1. The van der Waals surface area contributed by atoms with Crippen LogP contribution in [0.5, 0.6) is 0 Å². The highest BCUT2D eigenvalue weighted by atomic mass is 79.9. The number of halogens is 1. The molecule has 0 saturated heterocycles. The third-order valence-electron chi connectivity index (χ3n) is 2.06. The van der Waals surface area contributed by atoms with Crippen molar-refractivity contribution in [1.29, 1.82) is 0 Å². The second kappa shape index (κ2) is 5.32. The van der Waals surface area contributed by atoms with Gasteiger partial charge in [0.2, 0.25) is 5.89 Å². The average molecular weight is 317 g/mol. The summed E-state index contributed by atoms with van der Waals surface area (Å²) in [6, 6.07) is 3.37. The van der Waals surface area contributed by atoms with E-state index in [1.807, 2.05) is 0 Å². The fourth-order valence-electron chi connectivity index (χ4n) is 1.11. The standard InChI is InChI=1S/C10H9BrN2O5/c1-5(10(14)15)16-4-8-12-13-9(18-8)6-2-3-7(11)17-6/h2-3,5H,4H2,1H3,(H,14,15). The maximum Gasteiger partial charge on any atom is 0.332 e. The molecule has 1 atom stereocenters. The van der Waals surface area contributed by atoms with Gasteiger partial charge in [0.1, 0.15) is 6.61 Å². The zero-order valence-electron chi connectivity index (χ0n) is 9.29. The van der Waals surface area contributed by atoms with Crippen molar-refractivity contribution >= 4 is 21.9 Å². The van der Waals surface area contributed by atoms with Crippen LogP contribution in [0, 0.1) is 0 Å². The highest BCUT2D eigenvalue weighted by Gasteiger charge is 2.15. The van der Waals surface area contributed by atoms with Crippen molar-refractivity contribution in [2.24, 2.45) is 0 Å². The monoisotopic (exact) mass is 316 g/mol. The van der Waals surface area contributed by atoms with Crippen LogP contribution >= 0.6 is 15.9 Å². The number of ether oxygens (including phenoxy) is 1. The molecule has 2 aromatic heterocycles. The fraction of sp³-hybridized carbons (Fsp3) is 0.300. The van der Waals surface area contributed by atoms with Crippen LogP contribution in [0.25, 0.3) is 11.7 Å². The Balaban J connectivity index is 2.00. The number of carboxylic acids is 1. The quantitative estimate of drug-likeness (QED) is 0.901. The van der Waals surface area contributed by atoms with Gasteiger partial charge < -0.3 is 18.7 Å². The molecule has 18 heavy (non-hydrogen) atoms. The third-order valence-corrected chi connectivity index (χ3v) is 2.48. The van der Waals surface area contributed by atoms with Gasteiger partial charge in [-0.1, -0.05) is 0 Å². The van der Waals surface area contributed by atoms with Crippen molar-refractivity contribution in [3.63, 3.8) is 0 Å². The van der Waals surface area contributed by atoms with Gasteiger partial charge >= 0.3 is 5.97 Å². The molecule has 1 unspecified atom stereocenters. The molecular weight excluding hydrogens is 308 g/mol. The first kappa shape index (κ1) is 12.8. The molecule has 0 fully saturated rings. The van der Waals surface area contributed by atoms with Crippen molar-refractivity contribution < 1.29 is 23.5 Å². The minimum Gasteiger partial charge on any atom is -0.479 e. The van der Waals surface area contributed by atoms with Crippen LogP contribution in [-0.4, -0.2) is 27.4 Å². The minimum absolute atomic E-state index is 0.0671. The maximum atomic E-state index is 10.5. The summed E-state index contributed by atoms with van der Waals surface area (Å²) >= 11 is 3.16. The van der Waals surface area contributed by atoms with Gasteiger partial charge in [-0.2, -0.15) is 0 Å². The van der Waals surface area contributed by atoms with Crippen LogP contribution in [-0.2, 0) is 16.1 Å². The maximum absolute atomic E-state index is 10.5. The molecule has 0 saturated carbocycles. The second-order valence-corrected chi connectivity index (χ2v) is 4.18. The number of aromatic nitrogens is 2. The van der Waals surface area contributed by atoms with E-state index in [1.54, 1.807) is 12.1 Å². The number of furan rings is 1. The Labute approximate surface area is 110 Å². The lowest BCUT2D eigenvalue weighted by Crippen LogP contribution is -2.19. The van der Waals surface area contributed by atoms with Gasteiger partial charge in [-0.15, -0.1) is 10.2 Å². The normalized spacial score (nSPS) is 12.6. The molecule has 96 valence electrons. The van der Waals surface area contributed by atoms with E-state index in [2.05, 4.69) is 26.1 Å². The molecule has 0 aliphatic rings. The first-order valence-corrected chi connectivity index (χ1v) is 5.78. The average Bonchev–Trinajstić information content (AvgIpc) is 2.94. The minimum atomic E-state index is -1.05. The number of nitrogens with zero attached hydrogens (tertiary/aromatic N) is 2. The number of hydrogen-bond acceptors (Lipinski definition) is 6. The Morgan fingerprint density at radius 1 is 1.50 bits per heavy atom. The molecule has 0 aromatic carbocycles. The van der Waals surface area contributed by atoms with Crippen LogP contribution in [0.2, 0.25) is 0 Å². The summed E-state index contributed by atoms with van der Waals surface area (Å²) in [7, 11) is 0. The van der Waals surface area contributed by atoms with Crippen LogP contribution in [0.4, 0.5) is 0 Å². The molecule has 2 heterocycles. The highest BCUT2D eigenvalue weighted by molar-refractivity contribution is 9.10. The van der Waals surface area contributed by atoms with Gasteiger partial charge in [0.25, 0.3) is 5.89 Å². The van der Waals surface area contributed by atoms with Crippen molar-refractivity contribution in [3.05, 3.63) is 22.7 Å². The zero-order chi connectivity index (χ0) is 13.1. The lowest BCUT2D eigenvalue weighted by molar-refractivity contribution is -0.150. The van der Waals surface area contributed by atoms with Gasteiger partial charge in [0.15, 0.2) is 16.5 Å². The summed E-state index contributed by atoms with van der Waals surface area (Å²) in [5, 5.41) is 16.1. The van der Waals surface area contributed by atoms with Crippen LogP contribution < -0.4 is 0 Å². The number of carboxylic acid groups (broad SMARTS) is 1. The molecule has 0 radical (unpaired) electrons. The number of rotatable bonds is 5. The second-order valence-electron chi connectivity index (χ2n) is 3.40. The fourth-order valence-corrected chi connectivity index (χ4v) is 1.41. The lowest BCUT2D eigenvalue weighted by Gasteiger charge is -2.04. The SMILES string of the molecule is CC(OCc1nnc(-c2ccc(Br)o2)o1)C(=O)O. The van der Waals surface area contributed by atoms with Gasteiger partial charge in [0.05, 0.1) is 0 Å². The van der Waals surface area contributed by atoms with E-state index in [-0.39, 0.29) is 18.4 Å². The molecule has 0 amide bonds. The van der Waals surface area contributed by atoms with E-state index in [4.69, 9.17) is 18.7 Å². The summed E-state index contributed by atoms with van der Waals surface area (Å²) in [5.74, 6) is -0.232. The number of carbonyl (C=O) groups is 1. The summed E-state index contributed by atoms with van der Waals surface area (Å²) in [6.07, 6.45) is -0.932. The van der Waals surface area contributed by atoms with Crippen LogP contribution in [0.3, 0.4) is 0 Å². The Hall–Kier alpha value is -1.67. The molecule has 1 N–H and O–H groups in total. The summed E-state index contributed by atoms with van der Waals surface area (Å²) in [6.45, 7) is 1.35. The van der Waals surface area contributed by atoms with E-state index >= 15 is 0 Å². The third kappa shape index (κ3) is 2.96. The van der Waals surface area contributed by atoms with E-state index in [1.165, 1.54) is 6.92 Å². The van der Waals surface area contributed by atoms with Crippen molar-refractivity contribution in [1.82, 2.24) is 10.2 Å². The molecule has 0 bridgehead atoms. The first-order valence-electron chi connectivity index (χ1n) is 4.99. The summed E-state index contributed by atoms with van der Waals surface area (Å²) in [4.78, 5) is 10.5. The van der Waals surface area contributed by atoms with Gasteiger partial charge in [-0.25, -0.2) is 4.79 Å².